The average molecular weight is 524 g/mol. The predicted octanol–water partition coefficient (Wildman–Crippen LogP) is 4.96. The van der Waals surface area contributed by atoms with Gasteiger partial charge in [0.1, 0.15) is 17.6 Å². The van der Waals surface area contributed by atoms with Gasteiger partial charge in [0.25, 0.3) is 0 Å². The number of aliphatic hydroxyl groups excluding tert-OH is 1. The van der Waals surface area contributed by atoms with Crippen molar-refractivity contribution in [2.45, 2.75) is 85.0 Å². The predicted molar refractivity (Wildman–Crippen MR) is 147 cm³/mol. The molecule has 2 bridgehead atoms. The SMILES string of the molecule is C=C[C@]1(C)C[C@@H](OC(=O)COc2ccc3c(c2)CN(C)CC3)[C@]2(C)C(C)CCC3(CCC(=O)C32)[C@@H](C)[C@@H]1O. The molecule has 0 aromatic heterocycles. The minimum atomic E-state index is -0.669. The number of likely N-dealkylation sites (N-methyl/N-ethyl adjacent to an activating group) is 1. The number of fused-ring (bicyclic) bond motifs is 1. The molecule has 5 rings (SSSR count). The van der Waals surface area contributed by atoms with Crippen LogP contribution < -0.4 is 4.74 Å². The molecule has 0 spiro atoms. The molecule has 1 N–H and O–H groups in total. The summed E-state index contributed by atoms with van der Waals surface area (Å²) in [5.41, 5.74) is 1.12. The van der Waals surface area contributed by atoms with Gasteiger partial charge in [-0.1, -0.05) is 39.8 Å². The van der Waals surface area contributed by atoms with Crippen LogP contribution in [0.3, 0.4) is 0 Å². The van der Waals surface area contributed by atoms with Gasteiger partial charge in [-0.2, -0.15) is 0 Å². The molecule has 1 aliphatic heterocycles. The number of ketones is 1. The molecule has 8 atom stereocenters. The standard InChI is InChI=1S/C32H45NO5/c1-7-30(4)17-26(38-27(35)19-37-24-9-8-22-12-15-33(6)18-23(22)16-24)31(5)20(2)10-13-32(21(3)29(30)36)14-11-25(34)28(31)32/h7-9,16,20-21,26,28-29,36H,1,10-15,17-19H2,2-6H3/t20?,21-,26+,28?,29-,30+,31-,32?/m0/s1. The number of rotatable bonds is 5. The lowest BCUT2D eigenvalue weighted by Gasteiger charge is -2.61. The number of benzene rings is 1. The van der Waals surface area contributed by atoms with Gasteiger partial charge in [-0.05, 0) is 79.7 Å². The summed E-state index contributed by atoms with van der Waals surface area (Å²) in [6, 6.07) is 6.04. The van der Waals surface area contributed by atoms with E-state index in [0.717, 1.165) is 38.8 Å². The second-order valence-corrected chi connectivity index (χ2v) is 13.3. The summed E-state index contributed by atoms with van der Waals surface area (Å²) < 4.78 is 12.2. The van der Waals surface area contributed by atoms with Crippen molar-refractivity contribution in [3.63, 3.8) is 0 Å². The molecule has 4 aliphatic rings. The molecule has 3 unspecified atom stereocenters. The zero-order valence-electron chi connectivity index (χ0n) is 23.8. The maximum Gasteiger partial charge on any atom is 0.344 e. The molecule has 0 radical (unpaired) electrons. The maximum atomic E-state index is 13.5. The molecule has 1 heterocycles. The number of ether oxygens (including phenoxy) is 2. The number of aliphatic hydroxyl groups is 1. The van der Waals surface area contributed by atoms with Gasteiger partial charge < -0.3 is 19.5 Å². The van der Waals surface area contributed by atoms with Crippen molar-refractivity contribution in [2.24, 2.45) is 34.0 Å². The van der Waals surface area contributed by atoms with Crippen molar-refractivity contribution in [1.82, 2.24) is 4.90 Å². The molecular weight excluding hydrogens is 478 g/mol. The summed E-state index contributed by atoms with van der Waals surface area (Å²) in [5.74, 6) is 0.420. The Morgan fingerprint density at radius 2 is 1.97 bits per heavy atom. The van der Waals surface area contributed by atoms with Crippen LogP contribution in [-0.2, 0) is 27.3 Å². The van der Waals surface area contributed by atoms with Crippen LogP contribution in [-0.4, -0.2) is 54.2 Å². The van der Waals surface area contributed by atoms with E-state index < -0.39 is 29.0 Å². The van der Waals surface area contributed by atoms with Crippen molar-refractivity contribution in [2.75, 3.05) is 20.2 Å². The van der Waals surface area contributed by atoms with E-state index in [1.165, 1.54) is 11.1 Å². The third kappa shape index (κ3) is 4.23. The van der Waals surface area contributed by atoms with Crippen LogP contribution in [0, 0.1) is 34.0 Å². The van der Waals surface area contributed by atoms with Crippen LogP contribution in [0.15, 0.2) is 30.9 Å². The molecule has 6 nitrogen and oxygen atoms in total. The Morgan fingerprint density at radius 3 is 2.71 bits per heavy atom. The van der Waals surface area contributed by atoms with Crippen LogP contribution in [0.5, 0.6) is 5.75 Å². The monoisotopic (exact) mass is 523 g/mol. The number of nitrogens with zero attached hydrogens (tertiary/aromatic N) is 1. The third-order valence-electron chi connectivity index (χ3n) is 11.3. The molecule has 1 aromatic carbocycles. The smallest absolute Gasteiger partial charge is 0.344 e. The van der Waals surface area contributed by atoms with Gasteiger partial charge in [-0.3, -0.25) is 4.79 Å². The van der Waals surface area contributed by atoms with Crippen LogP contribution in [0.1, 0.15) is 70.9 Å². The number of carbonyl (C=O) groups excluding carboxylic acids is 2. The number of carbonyl (C=O) groups is 2. The molecule has 0 saturated heterocycles. The summed E-state index contributed by atoms with van der Waals surface area (Å²) in [6.45, 7) is 14.3. The maximum absolute atomic E-state index is 13.5. The Labute approximate surface area is 227 Å². The zero-order valence-corrected chi connectivity index (χ0v) is 23.8. The minimum absolute atomic E-state index is 0.0446. The second-order valence-electron chi connectivity index (χ2n) is 13.3. The van der Waals surface area contributed by atoms with E-state index in [9.17, 15) is 14.7 Å². The summed E-state index contributed by atoms with van der Waals surface area (Å²) in [4.78, 5) is 29.1. The quantitative estimate of drug-likeness (QED) is 0.434. The van der Waals surface area contributed by atoms with Gasteiger partial charge in [0.05, 0.1) is 6.10 Å². The molecule has 3 aliphatic carbocycles. The topological polar surface area (TPSA) is 76.1 Å². The first-order valence-electron chi connectivity index (χ1n) is 14.4. The molecule has 1 aromatic rings. The average Bonchev–Trinajstić information content (AvgIpc) is 3.25. The highest BCUT2D eigenvalue weighted by Gasteiger charge is 2.68. The molecule has 6 heteroatoms. The largest absolute Gasteiger partial charge is 0.482 e. The lowest BCUT2D eigenvalue weighted by Crippen LogP contribution is -2.63. The molecule has 3 fully saturated rings. The Bertz CT molecular complexity index is 1120. The molecule has 0 amide bonds. The van der Waals surface area contributed by atoms with Gasteiger partial charge in [0, 0.05) is 36.3 Å². The fourth-order valence-electron chi connectivity index (χ4n) is 8.60. The van der Waals surface area contributed by atoms with Crippen LogP contribution in [0.2, 0.25) is 0 Å². The van der Waals surface area contributed by atoms with E-state index in [1.54, 1.807) is 0 Å². The van der Waals surface area contributed by atoms with Crippen LogP contribution >= 0.6 is 0 Å². The first-order valence-corrected chi connectivity index (χ1v) is 14.4. The highest BCUT2D eigenvalue weighted by Crippen LogP contribution is 2.68. The molecule has 3 saturated carbocycles. The van der Waals surface area contributed by atoms with E-state index in [1.807, 2.05) is 25.1 Å². The molecule has 208 valence electrons. The summed E-state index contributed by atoms with van der Waals surface area (Å²) >= 11 is 0. The van der Waals surface area contributed by atoms with Crippen LogP contribution in [0.4, 0.5) is 0 Å². The normalized spacial score (nSPS) is 40.9. The Balaban J connectivity index is 1.41. The van der Waals surface area contributed by atoms with E-state index >= 15 is 0 Å². The Morgan fingerprint density at radius 1 is 1.21 bits per heavy atom. The summed E-state index contributed by atoms with van der Waals surface area (Å²) in [5, 5.41) is 11.7. The van der Waals surface area contributed by atoms with Gasteiger partial charge in [-0.15, -0.1) is 6.58 Å². The minimum Gasteiger partial charge on any atom is -0.482 e. The zero-order chi connectivity index (χ0) is 27.5. The van der Waals surface area contributed by atoms with Gasteiger partial charge in [0.15, 0.2) is 6.61 Å². The number of hydrogen-bond acceptors (Lipinski definition) is 6. The van der Waals surface area contributed by atoms with Crippen molar-refractivity contribution in [3.05, 3.63) is 42.0 Å². The summed E-state index contributed by atoms with van der Waals surface area (Å²) in [7, 11) is 2.11. The Kier molecular flexibility index (Phi) is 7.05. The van der Waals surface area contributed by atoms with Crippen molar-refractivity contribution in [1.29, 1.82) is 0 Å². The fourth-order valence-corrected chi connectivity index (χ4v) is 8.60. The van der Waals surface area contributed by atoms with Crippen molar-refractivity contribution < 1.29 is 24.2 Å². The van der Waals surface area contributed by atoms with E-state index in [0.29, 0.717) is 18.6 Å². The van der Waals surface area contributed by atoms with E-state index in [2.05, 4.69) is 45.4 Å². The lowest BCUT2D eigenvalue weighted by molar-refractivity contribution is -0.207. The second kappa shape index (κ2) is 9.78. The number of hydrogen-bond donors (Lipinski definition) is 1. The highest BCUT2D eigenvalue weighted by molar-refractivity contribution is 5.85. The molecule has 38 heavy (non-hydrogen) atoms. The van der Waals surface area contributed by atoms with E-state index in [4.69, 9.17) is 9.47 Å². The van der Waals surface area contributed by atoms with Gasteiger partial charge >= 0.3 is 5.97 Å². The number of esters is 1. The van der Waals surface area contributed by atoms with Crippen molar-refractivity contribution in [3.8, 4) is 5.75 Å². The first kappa shape index (κ1) is 27.4. The highest BCUT2D eigenvalue weighted by atomic mass is 16.6. The fraction of sp³-hybridized carbons (Fsp3) is 0.688. The third-order valence-corrected chi connectivity index (χ3v) is 11.3. The number of Topliss-reactive ketones (excluding diaryl/α,β-unsaturated/α-hetero) is 1. The van der Waals surface area contributed by atoms with Crippen LogP contribution in [0.25, 0.3) is 0 Å². The first-order chi connectivity index (χ1) is 17.9. The molecular formula is C32H45NO5. The van der Waals surface area contributed by atoms with Gasteiger partial charge in [-0.25, -0.2) is 4.79 Å². The van der Waals surface area contributed by atoms with Crippen molar-refractivity contribution >= 4 is 11.8 Å². The lowest BCUT2D eigenvalue weighted by atomic mass is 9.44. The Hall–Kier alpha value is -2.18. The van der Waals surface area contributed by atoms with Gasteiger partial charge in [0.2, 0.25) is 0 Å². The summed E-state index contributed by atoms with van der Waals surface area (Å²) in [6.07, 6.45) is 5.28. The van der Waals surface area contributed by atoms with E-state index in [-0.39, 0.29) is 35.6 Å².